The number of carbonyl (C=O) groups excluding carboxylic acids is 1. The van der Waals surface area contributed by atoms with Crippen LogP contribution >= 0.6 is 0 Å². The predicted molar refractivity (Wildman–Crippen MR) is 124 cm³/mol. The van der Waals surface area contributed by atoms with Gasteiger partial charge in [-0.3, -0.25) is 0 Å². The van der Waals surface area contributed by atoms with Crippen molar-refractivity contribution in [3.05, 3.63) is 29.8 Å². The van der Waals surface area contributed by atoms with Gasteiger partial charge in [0.2, 0.25) is 0 Å². The number of unbranched alkanes of at least 4 members (excludes halogenated alkanes) is 2. The summed E-state index contributed by atoms with van der Waals surface area (Å²) in [7, 11) is 1.86. The molecule has 2 fully saturated rings. The number of likely N-dealkylation sites (tertiary alicyclic amines) is 1. The van der Waals surface area contributed by atoms with Crippen LogP contribution in [0.5, 0.6) is 5.75 Å². The number of β-amino-alcohol motifs (C(OH)–C–C–N with tert-alkyl or cyclic N) is 1. The Morgan fingerprint density at radius 1 is 1.28 bits per heavy atom. The summed E-state index contributed by atoms with van der Waals surface area (Å²) in [6.07, 6.45) is 6.29. The maximum absolute atomic E-state index is 12.0. The molecule has 1 aromatic carbocycles. The highest BCUT2D eigenvalue weighted by Gasteiger charge is 2.47. The summed E-state index contributed by atoms with van der Waals surface area (Å²) in [6, 6.07) is 8.90. The maximum atomic E-state index is 12.0. The first-order valence-corrected chi connectivity index (χ1v) is 12.0. The van der Waals surface area contributed by atoms with Crippen LogP contribution in [-0.4, -0.2) is 66.4 Å². The standard InChI is InChI=1S/C25H38N4O3/c1-3-4-5-6-23(28(2)25(27)31)24-19-9-10-20(24)15-29(14-19)16-21(30)17-32-22-11-7-18(13-26)8-12-22/h7-8,11-12,19-21,23-24,30H,3-6,9-10,14-17H2,1-2H3,(H2,27,31). The molecule has 0 aromatic heterocycles. The van der Waals surface area contributed by atoms with Crippen molar-refractivity contribution in [1.82, 2.24) is 9.80 Å². The number of piperidine rings is 1. The van der Waals surface area contributed by atoms with E-state index in [0.29, 0.717) is 35.6 Å². The number of primary amides is 1. The minimum absolute atomic E-state index is 0.211. The topological polar surface area (TPSA) is 103 Å². The van der Waals surface area contributed by atoms with Crippen LogP contribution in [-0.2, 0) is 0 Å². The number of fused-ring (bicyclic) bond motifs is 2. The number of ether oxygens (including phenoxy) is 1. The van der Waals surface area contributed by atoms with Crippen molar-refractivity contribution in [3.8, 4) is 11.8 Å². The summed E-state index contributed by atoms with van der Waals surface area (Å²) in [5.74, 6) is 2.22. The fourth-order valence-electron chi connectivity index (χ4n) is 5.72. The third-order valence-corrected chi connectivity index (χ3v) is 7.27. The fourth-order valence-corrected chi connectivity index (χ4v) is 5.72. The van der Waals surface area contributed by atoms with Gasteiger partial charge >= 0.3 is 6.03 Å². The first-order valence-electron chi connectivity index (χ1n) is 12.0. The van der Waals surface area contributed by atoms with Gasteiger partial charge in [-0.25, -0.2) is 4.79 Å². The van der Waals surface area contributed by atoms with Gasteiger partial charge in [-0.15, -0.1) is 0 Å². The number of amides is 2. The molecule has 7 heteroatoms. The summed E-state index contributed by atoms with van der Waals surface area (Å²) in [5, 5.41) is 19.4. The van der Waals surface area contributed by atoms with Crippen LogP contribution in [0, 0.1) is 29.1 Å². The molecule has 7 nitrogen and oxygen atoms in total. The Labute approximate surface area is 192 Å². The lowest BCUT2D eigenvalue weighted by Gasteiger charge is -2.44. The van der Waals surface area contributed by atoms with Crippen molar-refractivity contribution in [2.75, 3.05) is 33.3 Å². The molecular weight excluding hydrogens is 404 g/mol. The highest BCUT2D eigenvalue weighted by atomic mass is 16.5. The zero-order valence-electron chi connectivity index (χ0n) is 19.4. The van der Waals surface area contributed by atoms with Crippen molar-refractivity contribution < 1.29 is 14.6 Å². The molecule has 3 rings (SSSR count). The van der Waals surface area contributed by atoms with Crippen LogP contribution in [0.3, 0.4) is 0 Å². The molecule has 1 saturated carbocycles. The number of carbonyl (C=O) groups is 1. The molecule has 32 heavy (non-hydrogen) atoms. The Morgan fingerprint density at radius 3 is 2.50 bits per heavy atom. The molecule has 1 aromatic rings. The summed E-state index contributed by atoms with van der Waals surface area (Å²) in [4.78, 5) is 16.1. The van der Waals surface area contributed by atoms with Crippen LogP contribution in [0.4, 0.5) is 4.79 Å². The van der Waals surface area contributed by atoms with E-state index in [2.05, 4.69) is 17.9 Å². The van der Waals surface area contributed by atoms with Crippen molar-refractivity contribution in [1.29, 1.82) is 5.26 Å². The van der Waals surface area contributed by atoms with Crippen LogP contribution < -0.4 is 10.5 Å². The highest BCUT2D eigenvalue weighted by molar-refractivity contribution is 5.72. The Balaban J connectivity index is 1.53. The van der Waals surface area contributed by atoms with Crippen molar-refractivity contribution in [2.24, 2.45) is 23.5 Å². The lowest BCUT2D eigenvalue weighted by atomic mass is 9.77. The normalized spacial score (nSPS) is 24.5. The number of benzene rings is 1. The molecule has 2 amide bonds. The molecule has 0 radical (unpaired) electrons. The van der Waals surface area contributed by atoms with E-state index < -0.39 is 6.10 Å². The van der Waals surface area contributed by atoms with E-state index >= 15 is 0 Å². The number of urea groups is 1. The van der Waals surface area contributed by atoms with Gasteiger partial charge in [-0.05, 0) is 61.3 Å². The molecule has 1 saturated heterocycles. The van der Waals surface area contributed by atoms with Gasteiger partial charge in [0, 0.05) is 32.7 Å². The van der Waals surface area contributed by atoms with Crippen LogP contribution in [0.1, 0.15) is 51.0 Å². The number of aliphatic hydroxyl groups is 1. The zero-order chi connectivity index (χ0) is 23.1. The molecule has 1 aliphatic carbocycles. The van der Waals surface area contributed by atoms with Gasteiger partial charge < -0.3 is 25.4 Å². The Morgan fingerprint density at radius 2 is 1.94 bits per heavy atom. The van der Waals surface area contributed by atoms with Crippen LogP contribution in [0.25, 0.3) is 0 Å². The monoisotopic (exact) mass is 442 g/mol. The number of hydrogen-bond donors (Lipinski definition) is 2. The lowest BCUT2D eigenvalue weighted by molar-refractivity contribution is 0.0141. The Kier molecular flexibility index (Phi) is 8.77. The van der Waals surface area contributed by atoms with E-state index in [9.17, 15) is 9.90 Å². The SMILES string of the molecule is CCCCCC(C1C2CCC1CN(CC(O)COc1ccc(C#N)cc1)C2)N(C)C(N)=O. The lowest BCUT2D eigenvalue weighted by Crippen LogP contribution is -2.54. The second kappa shape index (κ2) is 11.5. The molecule has 3 N–H and O–H groups in total. The van der Waals surface area contributed by atoms with E-state index in [1.165, 1.54) is 25.7 Å². The number of nitrogens with two attached hydrogens (primary N) is 1. The van der Waals surface area contributed by atoms with E-state index in [1.807, 2.05) is 7.05 Å². The van der Waals surface area contributed by atoms with Gasteiger partial charge in [0.25, 0.3) is 0 Å². The quantitative estimate of drug-likeness (QED) is 0.512. The fraction of sp³-hybridized carbons (Fsp3) is 0.680. The summed E-state index contributed by atoms with van der Waals surface area (Å²) in [6.45, 7) is 4.91. The third-order valence-electron chi connectivity index (χ3n) is 7.27. The largest absolute Gasteiger partial charge is 0.491 e. The van der Waals surface area contributed by atoms with Gasteiger partial charge in [-0.2, -0.15) is 5.26 Å². The first-order chi connectivity index (χ1) is 15.4. The van der Waals surface area contributed by atoms with Crippen molar-refractivity contribution in [3.63, 3.8) is 0 Å². The van der Waals surface area contributed by atoms with Gasteiger partial charge in [0.05, 0.1) is 11.6 Å². The van der Waals surface area contributed by atoms with Crippen LogP contribution in [0.15, 0.2) is 24.3 Å². The van der Waals surface area contributed by atoms with Crippen molar-refractivity contribution in [2.45, 2.75) is 57.6 Å². The number of nitrogens with zero attached hydrogens (tertiary/aromatic N) is 3. The Bertz CT molecular complexity index is 764. The number of aliphatic hydroxyl groups excluding tert-OH is 1. The Hall–Kier alpha value is -2.30. The molecule has 4 atom stereocenters. The minimum Gasteiger partial charge on any atom is -0.491 e. The number of nitriles is 1. The van der Waals surface area contributed by atoms with Crippen molar-refractivity contribution >= 4 is 6.03 Å². The molecule has 4 unspecified atom stereocenters. The smallest absolute Gasteiger partial charge is 0.314 e. The van der Waals surface area contributed by atoms with E-state index in [1.54, 1.807) is 29.2 Å². The second-order valence-electron chi connectivity index (χ2n) is 9.51. The zero-order valence-corrected chi connectivity index (χ0v) is 19.4. The number of rotatable bonds is 11. The molecule has 2 bridgehead atoms. The highest BCUT2D eigenvalue weighted by Crippen LogP contribution is 2.45. The van der Waals surface area contributed by atoms with Gasteiger partial charge in [0.15, 0.2) is 0 Å². The van der Waals surface area contributed by atoms with E-state index in [0.717, 1.165) is 25.9 Å². The predicted octanol–water partition coefficient (Wildman–Crippen LogP) is 3.22. The molecule has 1 heterocycles. The molecule has 1 aliphatic heterocycles. The molecule has 176 valence electrons. The minimum atomic E-state index is -0.574. The first kappa shape index (κ1) is 24.3. The van der Waals surface area contributed by atoms with Gasteiger partial charge in [-0.1, -0.05) is 26.2 Å². The summed E-state index contributed by atoms with van der Waals surface area (Å²) in [5.41, 5.74) is 6.25. The van der Waals surface area contributed by atoms with E-state index in [-0.39, 0.29) is 18.7 Å². The molecule has 2 aliphatic rings. The summed E-state index contributed by atoms with van der Waals surface area (Å²) >= 11 is 0. The third kappa shape index (κ3) is 6.14. The maximum Gasteiger partial charge on any atom is 0.314 e. The number of hydrogen-bond acceptors (Lipinski definition) is 5. The second-order valence-corrected chi connectivity index (χ2v) is 9.51. The average molecular weight is 443 g/mol. The van der Waals surface area contributed by atoms with Gasteiger partial charge in [0.1, 0.15) is 18.5 Å². The molecule has 0 spiro atoms. The summed E-state index contributed by atoms with van der Waals surface area (Å²) < 4.78 is 5.71. The van der Waals surface area contributed by atoms with Crippen LogP contribution in [0.2, 0.25) is 0 Å². The molecular formula is C25H38N4O3. The van der Waals surface area contributed by atoms with E-state index in [4.69, 9.17) is 15.7 Å². The average Bonchev–Trinajstić information content (AvgIpc) is 3.04.